The molecule has 0 aliphatic carbocycles. The number of unbranched alkanes of at least 4 members (excludes halogenated alkanes) is 1. The molecular formula is C13H27F3IN3O2. The summed E-state index contributed by atoms with van der Waals surface area (Å²) in [5.74, 6) is 0.335. The molecule has 0 rings (SSSR count). The average molecular weight is 441 g/mol. The molecule has 0 bridgehead atoms. The standard InChI is InChI=1S/C13H26F3N3O2.HI/c1-3-4-8-20-10-11-21-9-7-19-12(17-2)18-6-5-13(14,15)16;/h3-11H2,1-2H3,(H2,17,18,19);1H. The van der Waals surface area contributed by atoms with Crippen molar-refractivity contribution in [2.75, 3.05) is 46.6 Å². The lowest BCUT2D eigenvalue weighted by Gasteiger charge is -2.13. The van der Waals surface area contributed by atoms with E-state index in [1.807, 2.05) is 0 Å². The van der Waals surface area contributed by atoms with Gasteiger partial charge in [-0.3, -0.25) is 4.99 Å². The Hall–Kier alpha value is -0.290. The third-order valence-corrected chi connectivity index (χ3v) is 2.48. The highest BCUT2D eigenvalue weighted by Crippen LogP contribution is 2.17. The molecule has 0 aromatic carbocycles. The van der Waals surface area contributed by atoms with Crippen molar-refractivity contribution in [1.29, 1.82) is 0 Å². The molecule has 0 fully saturated rings. The molecule has 0 aromatic rings. The molecule has 0 radical (unpaired) electrons. The van der Waals surface area contributed by atoms with Gasteiger partial charge < -0.3 is 20.1 Å². The van der Waals surface area contributed by atoms with Crippen LogP contribution in [0.25, 0.3) is 0 Å². The number of guanidine groups is 1. The van der Waals surface area contributed by atoms with Crippen molar-refractivity contribution in [3.8, 4) is 0 Å². The lowest BCUT2D eigenvalue weighted by Crippen LogP contribution is -2.40. The molecule has 0 aromatic heterocycles. The molecule has 0 spiro atoms. The van der Waals surface area contributed by atoms with E-state index < -0.39 is 12.6 Å². The van der Waals surface area contributed by atoms with Gasteiger partial charge in [0.15, 0.2) is 5.96 Å². The molecule has 0 amide bonds. The first-order valence-electron chi connectivity index (χ1n) is 7.16. The lowest BCUT2D eigenvalue weighted by atomic mass is 10.4. The summed E-state index contributed by atoms with van der Waals surface area (Å²) in [6.07, 6.45) is -2.90. The van der Waals surface area contributed by atoms with E-state index in [1.165, 1.54) is 7.05 Å². The van der Waals surface area contributed by atoms with E-state index in [0.717, 1.165) is 19.4 Å². The minimum Gasteiger partial charge on any atom is -0.379 e. The van der Waals surface area contributed by atoms with Gasteiger partial charge in [-0.2, -0.15) is 13.2 Å². The van der Waals surface area contributed by atoms with Gasteiger partial charge >= 0.3 is 6.18 Å². The van der Waals surface area contributed by atoms with Gasteiger partial charge in [-0.1, -0.05) is 13.3 Å². The number of nitrogens with one attached hydrogen (secondary N) is 2. The fourth-order valence-corrected chi connectivity index (χ4v) is 1.35. The van der Waals surface area contributed by atoms with Crippen molar-refractivity contribution in [2.24, 2.45) is 4.99 Å². The van der Waals surface area contributed by atoms with E-state index in [-0.39, 0.29) is 30.5 Å². The molecule has 22 heavy (non-hydrogen) atoms. The molecule has 2 N–H and O–H groups in total. The molecule has 0 atom stereocenters. The largest absolute Gasteiger partial charge is 0.390 e. The Bertz CT molecular complexity index is 280. The zero-order chi connectivity index (χ0) is 16.0. The van der Waals surface area contributed by atoms with Crippen molar-refractivity contribution in [3.63, 3.8) is 0 Å². The number of hydrogen-bond donors (Lipinski definition) is 2. The van der Waals surface area contributed by atoms with Crippen LogP contribution in [-0.4, -0.2) is 58.7 Å². The molecule has 0 aliphatic rings. The fourth-order valence-electron chi connectivity index (χ4n) is 1.35. The monoisotopic (exact) mass is 441 g/mol. The maximum Gasteiger partial charge on any atom is 0.390 e. The van der Waals surface area contributed by atoms with E-state index in [2.05, 4.69) is 22.5 Å². The second-order valence-corrected chi connectivity index (χ2v) is 4.37. The zero-order valence-corrected chi connectivity index (χ0v) is 15.5. The van der Waals surface area contributed by atoms with Crippen LogP contribution in [0.4, 0.5) is 13.2 Å². The molecule has 0 saturated carbocycles. The zero-order valence-electron chi connectivity index (χ0n) is 13.2. The molecule has 0 heterocycles. The van der Waals surface area contributed by atoms with Gasteiger partial charge in [0, 0.05) is 26.7 Å². The summed E-state index contributed by atoms with van der Waals surface area (Å²) in [7, 11) is 1.51. The van der Waals surface area contributed by atoms with Crippen molar-refractivity contribution < 1.29 is 22.6 Å². The van der Waals surface area contributed by atoms with Crippen LogP contribution in [0.15, 0.2) is 4.99 Å². The van der Waals surface area contributed by atoms with Crippen molar-refractivity contribution in [2.45, 2.75) is 32.4 Å². The average Bonchev–Trinajstić information content (AvgIpc) is 2.42. The van der Waals surface area contributed by atoms with Crippen molar-refractivity contribution >= 4 is 29.9 Å². The second-order valence-electron chi connectivity index (χ2n) is 4.37. The summed E-state index contributed by atoms with van der Waals surface area (Å²) in [6, 6.07) is 0. The summed E-state index contributed by atoms with van der Waals surface area (Å²) < 4.78 is 46.6. The van der Waals surface area contributed by atoms with Gasteiger partial charge in [-0.25, -0.2) is 0 Å². The Morgan fingerprint density at radius 2 is 1.59 bits per heavy atom. The normalized spacial score (nSPS) is 12.0. The van der Waals surface area contributed by atoms with Crippen LogP contribution in [0, 0.1) is 0 Å². The predicted octanol–water partition coefficient (Wildman–Crippen LogP) is 2.56. The van der Waals surface area contributed by atoms with Gasteiger partial charge in [-0.15, -0.1) is 24.0 Å². The SMILES string of the molecule is CCCCOCCOCCNC(=NC)NCCC(F)(F)F.I. The molecule has 0 aliphatic heterocycles. The number of aliphatic imine (C=N–C) groups is 1. The van der Waals surface area contributed by atoms with Gasteiger partial charge in [0.25, 0.3) is 0 Å². The first-order chi connectivity index (χ1) is 9.99. The van der Waals surface area contributed by atoms with Gasteiger partial charge in [0.1, 0.15) is 0 Å². The minimum atomic E-state index is -4.16. The summed E-state index contributed by atoms with van der Waals surface area (Å²) in [5, 5.41) is 5.46. The smallest absolute Gasteiger partial charge is 0.379 e. The van der Waals surface area contributed by atoms with Crippen LogP contribution >= 0.6 is 24.0 Å². The quantitative estimate of drug-likeness (QED) is 0.224. The molecule has 134 valence electrons. The van der Waals surface area contributed by atoms with Crippen molar-refractivity contribution in [1.82, 2.24) is 10.6 Å². The number of rotatable bonds is 11. The summed E-state index contributed by atoms with van der Waals surface area (Å²) in [5.41, 5.74) is 0. The van der Waals surface area contributed by atoms with Crippen LogP contribution in [0.1, 0.15) is 26.2 Å². The fraction of sp³-hybridized carbons (Fsp3) is 0.923. The number of halogens is 4. The van der Waals surface area contributed by atoms with Crippen LogP contribution in [0.2, 0.25) is 0 Å². The maximum absolute atomic E-state index is 12.0. The first kappa shape index (κ1) is 24.0. The van der Waals surface area contributed by atoms with Gasteiger partial charge in [0.05, 0.1) is 26.2 Å². The summed E-state index contributed by atoms with van der Waals surface area (Å²) >= 11 is 0. The highest BCUT2D eigenvalue weighted by molar-refractivity contribution is 14.0. The third kappa shape index (κ3) is 17.8. The Labute approximate surface area is 147 Å². The lowest BCUT2D eigenvalue weighted by molar-refractivity contribution is -0.132. The number of nitrogens with zero attached hydrogens (tertiary/aromatic N) is 1. The summed E-state index contributed by atoms with van der Waals surface area (Å²) in [4.78, 5) is 3.82. The van der Waals surface area contributed by atoms with Crippen LogP contribution in [0.5, 0.6) is 0 Å². The molecule has 5 nitrogen and oxygen atoms in total. The van der Waals surface area contributed by atoms with Gasteiger partial charge in [0.2, 0.25) is 0 Å². The van der Waals surface area contributed by atoms with Gasteiger partial charge in [-0.05, 0) is 6.42 Å². The molecule has 0 unspecified atom stereocenters. The molecule has 0 saturated heterocycles. The highest BCUT2D eigenvalue weighted by atomic mass is 127. The highest BCUT2D eigenvalue weighted by Gasteiger charge is 2.26. The first-order valence-corrected chi connectivity index (χ1v) is 7.16. The Morgan fingerprint density at radius 1 is 1.00 bits per heavy atom. The third-order valence-electron chi connectivity index (χ3n) is 2.48. The second kappa shape index (κ2) is 15.6. The maximum atomic E-state index is 12.0. The Balaban J connectivity index is 0. The van der Waals surface area contributed by atoms with E-state index in [4.69, 9.17) is 9.47 Å². The Kier molecular flexibility index (Phi) is 17.0. The number of hydrogen-bond acceptors (Lipinski definition) is 3. The molecule has 9 heteroatoms. The molecular weight excluding hydrogens is 414 g/mol. The number of ether oxygens (including phenoxy) is 2. The van der Waals surface area contributed by atoms with Crippen LogP contribution in [0.3, 0.4) is 0 Å². The predicted molar refractivity (Wildman–Crippen MR) is 92.0 cm³/mol. The number of alkyl halides is 3. The van der Waals surface area contributed by atoms with Crippen LogP contribution in [-0.2, 0) is 9.47 Å². The van der Waals surface area contributed by atoms with E-state index in [1.54, 1.807) is 0 Å². The van der Waals surface area contributed by atoms with E-state index in [0.29, 0.717) is 32.3 Å². The van der Waals surface area contributed by atoms with Crippen molar-refractivity contribution in [3.05, 3.63) is 0 Å². The Morgan fingerprint density at radius 3 is 2.14 bits per heavy atom. The van der Waals surface area contributed by atoms with E-state index >= 15 is 0 Å². The minimum absolute atomic E-state index is 0. The topological polar surface area (TPSA) is 54.9 Å². The van der Waals surface area contributed by atoms with E-state index in [9.17, 15) is 13.2 Å². The van der Waals surface area contributed by atoms with Crippen LogP contribution < -0.4 is 10.6 Å². The summed E-state index contributed by atoms with van der Waals surface area (Å²) in [6.45, 7) is 4.62.